The predicted octanol–water partition coefficient (Wildman–Crippen LogP) is 4.47. The lowest BCUT2D eigenvalue weighted by atomic mass is 9.97. The molecule has 5 nitrogen and oxygen atoms in total. The maximum atomic E-state index is 13.7. The minimum Gasteiger partial charge on any atom is -0.497 e. The summed E-state index contributed by atoms with van der Waals surface area (Å²) >= 11 is 0. The van der Waals surface area contributed by atoms with Crippen LogP contribution in [0.15, 0.2) is 48.5 Å². The lowest BCUT2D eigenvalue weighted by Gasteiger charge is -2.43. The van der Waals surface area contributed by atoms with E-state index in [1.165, 1.54) is 25.0 Å². The van der Waals surface area contributed by atoms with Gasteiger partial charge in [-0.25, -0.2) is 4.39 Å². The van der Waals surface area contributed by atoms with Gasteiger partial charge in [0.25, 0.3) is 5.91 Å². The van der Waals surface area contributed by atoms with Gasteiger partial charge < -0.3 is 14.5 Å². The average Bonchev–Trinajstić information content (AvgIpc) is 3.07. The first-order valence-corrected chi connectivity index (χ1v) is 11.0. The quantitative estimate of drug-likeness (QED) is 0.666. The van der Waals surface area contributed by atoms with Crippen molar-refractivity contribution < 1.29 is 18.7 Å². The zero-order chi connectivity index (χ0) is 21.8. The van der Waals surface area contributed by atoms with Crippen molar-refractivity contribution in [1.29, 1.82) is 0 Å². The van der Waals surface area contributed by atoms with Crippen LogP contribution in [0.2, 0.25) is 0 Å². The van der Waals surface area contributed by atoms with E-state index in [1.54, 1.807) is 29.0 Å². The molecule has 0 aromatic heterocycles. The van der Waals surface area contributed by atoms with Gasteiger partial charge in [0.1, 0.15) is 24.2 Å². The maximum Gasteiger partial charge on any atom is 0.250 e. The molecule has 4 rings (SSSR count). The van der Waals surface area contributed by atoms with Crippen LogP contribution in [0, 0.1) is 5.82 Å². The Morgan fingerprint density at radius 1 is 0.935 bits per heavy atom. The number of carbonyl (C=O) groups excluding carboxylic acids is 2. The molecule has 6 heteroatoms. The van der Waals surface area contributed by atoms with Gasteiger partial charge in [-0.2, -0.15) is 0 Å². The second kappa shape index (κ2) is 9.50. The Morgan fingerprint density at radius 2 is 1.58 bits per heavy atom. The van der Waals surface area contributed by atoms with E-state index in [0.717, 1.165) is 37.0 Å². The third-order valence-corrected chi connectivity index (χ3v) is 6.42. The number of piperazine rings is 1. The van der Waals surface area contributed by atoms with Crippen LogP contribution < -0.4 is 4.74 Å². The van der Waals surface area contributed by atoms with Gasteiger partial charge in [-0.3, -0.25) is 9.59 Å². The maximum absolute atomic E-state index is 13.7. The first-order chi connectivity index (χ1) is 15.1. The number of hydrogen-bond acceptors (Lipinski definition) is 3. The molecule has 0 bridgehead atoms. The molecule has 2 fully saturated rings. The Morgan fingerprint density at radius 3 is 2.19 bits per heavy atom. The van der Waals surface area contributed by atoms with Crippen molar-refractivity contribution in [2.45, 2.75) is 57.2 Å². The van der Waals surface area contributed by atoms with Crippen molar-refractivity contribution in [1.82, 2.24) is 9.80 Å². The van der Waals surface area contributed by atoms with Gasteiger partial charge in [0, 0.05) is 12.6 Å². The van der Waals surface area contributed by atoms with Crippen molar-refractivity contribution in [2.24, 2.45) is 0 Å². The molecule has 1 aliphatic heterocycles. The van der Waals surface area contributed by atoms with E-state index in [1.807, 2.05) is 24.3 Å². The molecule has 2 aliphatic rings. The van der Waals surface area contributed by atoms with E-state index in [-0.39, 0.29) is 30.2 Å². The van der Waals surface area contributed by atoms with E-state index in [4.69, 9.17) is 4.74 Å². The van der Waals surface area contributed by atoms with Gasteiger partial charge >= 0.3 is 0 Å². The molecule has 1 saturated carbocycles. The SMILES string of the molecule is COc1ccc(CN2C(=O)CN(C3CCCCCC3)C(=O)[C@H]2c2ccc(F)cc2)cc1. The standard InChI is InChI=1S/C25H29FN2O3/c1-31-22-14-8-18(9-15-22)16-28-23(29)17-27(21-6-4-2-3-5-7-21)25(30)24(28)19-10-12-20(26)13-11-19/h8-15,21,24H,2-7,16-17H2,1H3/t24-/m1/s1. The van der Waals surface area contributed by atoms with Crippen molar-refractivity contribution in [2.75, 3.05) is 13.7 Å². The van der Waals surface area contributed by atoms with Crippen LogP contribution in [0.4, 0.5) is 4.39 Å². The molecule has 1 aliphatic carbocycles. The minimum atomic E-state index is -0.743. The van der Waals surface area contributed by atoms with E-state index in [0.29, 0.717) is 12.1 Å². The van der Waals surface area contributed by atoms with Crippen LogP contribution in [0.3, 0.4) is 0 Å². The molecule has 1 heterocycles. The number of amides is 2. The molecule has 1 atom stereocenters. The summed E-state index contributed by atoms with van der Waals surface area (Å²) in [6.07, 6.45) is 6.40. The van der Waals surface area contributed by atoms with Crippen molar-refractivity contribution in [3.63, 3.8) is 0 Å². The lowest BCUT2D eigenvalue weighted by molar-refractivity contribution is -0.159. The summed E-state index contributed by atoms with van der Waals surface area (Å²) in [6.45, 7) is 0.423. The van der Waals surface area contributed by atoms with Crippen LogP contribution in [-0.2, 0) is 16.1 Å². The molecule has 0 unspecified atom stereocenters. The smallest absolute Gasteiger partial charge is 0.250 e. The molecular weight excluding hydrogens is 395 g/mol. The molecule has 2 amide bonds. The van der Waals surface area contributed by atoms with E-state index >= 15 is 0 Å². The summed E-state index contributed by atoms with van der Waals surface area (Å²) in [5.74, 6) is 0.237. The summed E-state index contributed by atoms with van der Waals surface area (Å²) in [5, 5.41) is 0. The second-order valence-electron chi connectivity index (χ2n) is 8.44. The molecule has 0 radical (unpaired) electrons. The highest BCUT2D eigenvalue weighted by Crippen LogP contribution is 2.33. The Kier molecular flexibility index (Phi) is 6.54. The van der Waals surface area contributed by atoms with E-state index < -0.39 is 6.04 Å². The number of ether oxygens (including phenoxy) is 1. The Bertz CT molecular complexity index is 905. The number of methoxy groups -OCH3 is 1. The Labute approximate surface area is 182 Å². The lowest BCUT2D eigenvalue weighted by Crippen LogP contribution is -2.57. The Balaban J connectivity index is 1.64. The van der Waals surface area contributed by atoms with Crippen LogP contribution in [0.25, 0.3) is 0 Å². The van der Waals surface area contributed by atoms with E-state index in [9.17, 15) is 14.0 Å². The van der Waals surface area contributed by atoms with Gasteiger partial charge in [0.05, 0.1) is 7.11 Å². The molecule has 2 aromatic carbocycles. The van der Waals surface area contributed by atoms with E-state index in [2.05, 4.69) is 0 Å². The third kappa shape index (κ3) is 4.73. The van der Waals surface area contributed by atoms with Crippen LogP contribution in [-0.4, -0.2) is 41.3 Å². The van der Waals surface area contributed by atoms with Gasteiger partial charge in [0.15, 0.2) is 0 Å². The highest BCUT2D eigenvalue weighted by molar-refractivity contribution is 5.95. The van der Waals surface area contributed by atoms with Crippen LogP contribution in [0.5, 0.6) is 5.75 Å². The number of carbonyl (C=O) groups is 2. The van der Waals surface area contributed by atoms with Crippen LogP contribution in [0.1, 0.15) is 55.7 Å². The summed E-state index contributed by atoms with van der Waals surface area (Å²) in [7, 11) is 1.61. The molecule has 164 valence electrons. The van der Waals surface area contributed by atoms with Crippen molar-refractivity contribution >= 4 is 11.8 Å². The summed E-state index contributed by atoms with van der Waals surface area (Å²) < 4.78 is 18.8. The molecular formula is C25H29FN2O3. The van der Waals surface area contributed by atoms with Gasteiger partial charge in [-0.1, -0.05) is 49.9 Å². The highest BCUT2D eigenvalue weighted by Gasteiger charge is 2.42. The first-order valence-electron chi connectivity index (χ1n) is 11.0. The van der Waals surface area contributed by atoms with Crippen molar-refractivity contribution in [3.8, 4) is 5.75 Å². The number of halogens is 1. The first kappa shape index (κ1) is 21.3. The monoisotopic (exact) mass is 424 g/mol. The second-order valence-corrected chi connectivity index (χ2v) is 8.44. The normalized spacial score (nSPS) is 20.6. The fourth-order valence-electron chi connectivity index (χ4n) is 4.70. The fourth-order valence-corrected chi connectivity index (χ4v) is 4.70. The zero-order valence-electron chi connectivity index (χ0n) is 17.9. The summed E-state index contributed by atoms with van der Waals surface area (Å²) in [5.41, 5.74) is 1.56. The summed E-state index contributed by atoms with van der Waals surface area (Å²) in [6, 6.07) is 12.8. The largest absolute Gasteiger partial charge is 0.497 e. The number of hydrogen-bond donors (Lipinski definition) is 0. The molecule has 0 spiro atoms. The number of nitrogens with zero attached hydrogens (tertiary/aromatic N) is 2. The number of benzene rings is 2. The molecule has 2 aromatic rings. The van der Waals surface area contributed by atoms with Gasteiger partial charge in [-0.05, 0) is 48.2 Å². The van der Waals surface area contributed by atoms with Gasteiger partial charge in [-0.15, -0.1) is 0 Å². The van der Waals surface area contributed by atoms with Gasteiger partial charge in [0.2, 0.25) is 5.91 Å². The number of rotatable bonds is 5. The molecule has 1 saturated heterocycles. The average molecular weight is 425 g/mol. The zero-order valence-corrected chi connectivity index (χ0v) is 17.9. The topological polar surface area (TPSA) is 49.9 Å². The molecule has 0 N–H and O–H groups in total. The fraction of sp³-hybridized carbons (Fsp3) is 0.440. The van der Waals surface area contributed by atoms with Crippen molar-refractivity contribution in [3.05, 3.63) is 65.5 Å². The molecule has 31 heavy (non-hydrogen) atoms. The minimum absolute atomic E-state index is 0.0633. The van der Waals surface area contributed by atoms with Crippen LogP contribution >= 0.6 is 0 Å². The third-order valence-electron chi connectivity index (χ3n) is 6.42. The summed E-state index contributed by atoms with van der Waals surface area (Å²) in [4.78, 5) is 30.4. The predicted molar refractivity (Wildman–Crippen MR) is 116 cm³/mol. The highest BCUT2D eigenvalue weighted by atomic mass is 19.1. The Hall–Kier alpha value is -2.89.